The van der Waals surface area contributed by atoms with Crippen LogP contribution < -0.4 is 10.2 Å². The first-order valence-corrected chi connectivity index (χ1v) is 11.8. The first-order chi connectivity index (χ1) is 15.5. The summed E-state index contributed by atoms with van der Waals surface area (Å²) in [5.41, 5.74) is 3.50. The Bertz CT molecular complexity index is 1230. The van der Waals surface area contributed by atoms with Crippen molar-refractivity contribution >= 4 is 28.6 Å². The fourth-order valence-corrected chi connectivity index (χ4v) is 5.08. The third-order valence-corrected chi connectivity index (χ3v) is 7.18. The molecule has 1 aliphatic rings. The molecule has 5 rings (SSSR count). The van der Waals surface area contributed by atoms with E-state index in [4.69, 9.17) is 4.98 Å². The maximum Gasteiger partial charge on any atom is 0.253 e. The number of anilines is 1. The molecule has 0 aromatic carbocycles. The Morgan fingerprint density at radius 2 is 2.12 bits per heavy atom. The van der Waals surface area contributed by atoms with E-state index in [9.17, 15) is 4.79 Å². The Morgan fingerprint density at radius 1 is 1.31 bits per heavy atom. The molecule has 4 aromatic rings. The van der Waals surface area contributed by atoms with Gasteiger partial charge in [-0.3, -0.25) is 9.20 Å². The molecule has 0 radical (unpaired) electrons. The molecule has 4 aromatic heterocycles. The number of imidazole rings is 1. The number of aryl methyl sites for hydroxylation is 1. The van der Waals surface area contributed by atoms with Crippen molar-refractivity contribution in [1.29, 1.82) is 0 Å². The third kappa shape index (κ3) is 3.88. The van der Waals surface area contributed by atoms with Crippen LogP contribution >= 0.6 is 11.3 Å². The number of nitrogens with zero attached hydrogens (tertiary/aromatic N) is 5. The lowest BCUT2D eigenvalue weighted by atomic mass is 9.99. The standard InChI is InChI=1S/C23H27N7OS/c1-14-6-8-29(9-7-14)18-10-17(23(31)27-16(3)21-25-13-26-28-21)12-30-19(11-24-22(18)30)20-5-4-15(2)32-20/h4-5,10-14,16H,6-9H2,1-3H3,(H,27,31)(H,25,26,28)/t16-/m0/s1. The quantitative estimate of drug-likeness (QED) is 0.476. The van der Waals surface area contributed by atoms with Crippen molar-refractivity contribution in [2.45, 2.75) is 39.7 Å². The molecular weight excluding hydrogens is 422 g/mol. The first kappa shape index (κ1) is 20.7. The van der Waals surface area contributed by atoms with Crippen molar-refractivity contribution in [1.82, 2.24) is 29.9 Å². The summed E-state index contributed by atoms with van der Waals surface area (Å²) in [5, 5.41) is 10.9. The number of H-pyrrole nitrogens is 1. The number of nitrogens with one attached hydrogen (secondary N) is 2. The highest BCUT2D eigenvalue weighted by molar-refractivity contribution is 7.15. The van der Waals surface area contributed by atoms with Gasteiger partial charge < -0.3 is 15.2 Å². The molecule has 0 unspecified atom stereocenters. The number of hydrogen-bond acceptors (Lipinski definition) is 6. The second kappa shape index (κ2) is 8.38. The van der Waals surface area contributed by atoms with Gasteiger partial charge in [-0.15, -0.1) is 21.5 Å². The highest BCUT2D eigenvalue weighted by Gasteiger charge is 2.23. The van der Waals surface area contributed by atoms with Crippen molar-refractivity contribution in [3.05, 3.63) is 53.2 Å². The normalized spacial score (nSPS) is 15.9. The lowest BCUT2D eigenvalue weighted by molar-refractivity contribution is 0.0938. The number of amides is 1. The minimum absolute atomic E-state index is 0.149. The van der Waals surface area contributed by atoms with Gasteiger partial charge in [-0.05, 0) is 50.8 Å². The van der Waals surface area contributed by atoms with Gasteiger partial charge in [0, 0.05) is 24.2 Å². The molecule has 166 valence electrons. The van der Waals surface area contributed by atoms with Gasteiger partial charge in [-0.1, -0.05) is 6.92 Å². The Hall–Kier alpha value is -3.20. The van der Waals surface area contributed by atoms with Crippen molar-refractivity contribution in [3.63, 3.8) is 0 Å². The number of aromatic amines is 1. The molecule has 32 heavy (non-hydrogen) atoms. The molecule has 1 atom stereocenters. The monoisotopic (exact) mass is 449 g/mol. The van der Waals surface area contributed by atoms with E-state index >= 15 is 0 Å². The summed E-state index contributed by atoms with van der Waals surface area (Å²) in [7, 11) is 0. The highest BCUT2D eigenvalue weighted by atomic mass is 32.1. The molecule has 1 aliphatic heterocycles. The molecule has 5 heterocycles. The number of thiophene rings is 1. The minimum Gasteiger partial charge on any atom is -0.368 e. The highest BCUT2D eigenvalue weighted by Crippen LogP contribution is 2.33. The van der Waals surface area contributed by atoms with Gasteiger partial charge in [0.2, 0.25) is 0 Å². The molecule has 0 spiro atoms. The van der Waals surface area contributed by atoms with E-state index in [2.05, 4.69) is 55.8 Å². The Balaban J connectivity index is 1.56. The smallest absolute Gasteiger partial charge is 0.253 e. The van der Waals surface area contributed by atoms with Crippen LogP contribution in [0.25, 0.3) is 16.2 Å². The van der Waals surface area contributed by atoms with Gasteiger partial charge >= 0.3 is 0 Å². The Labute approximate surface area is 190 Å². The molecule has 2 N–H and O–H groups in total. The number of aromatic nitrogens is 5. The zero-order chi connectivity index (χ0) is 22.2. The zero-order valence-corrected chi connectivity index (χ0v) is 19.3. The van der Waals surface area contributed by atoms with Crippen LogP contribution in [0.15, 0.2) is 36.9 Å². The number of rotatable bonds is 5. The van der Waals surface area contributed by atoms with Gasteiger partial charge in [0.05, 0.1) is 34.1 Å². The van der Waals surface area contributed by atoms with Crippen LogP contribution in [-0.4, -0.2) is 43.6 Å². The van der Waals surface area contributed by atoms with E-state index < -0.39 is 0 Å². The fraction of sp³-hybridized carbons (Fsp3) is 0.391. The number of pyridine rings is 1. The summed E-state index contributed by atoms with van der Waals surface area (Å²) in [4.78, 5) is 25.7. The summed E-state index contributed by atoms with van der Waals surface area (Å²) in [5.74, 6) is 1.20. The summed E-state index contributed by atoms with van der Waals surface area (Å²) in [6, 6.07) is 5.93. The van der Waals surface area contributed by atoms with Crippen molar-refractivity contribution in [3.8, 4) is 10.6 Å². The van der Waals surface area contributed by atoms with Crippen LogP contribution in [0.5, 0.6) is 0 Å². The van der Waals surface area contributed by atoms with Gasteiger partial charge in [0.15, 0.2) is 11.5 Å². The predicted molar refractivity (Wildman–Crippen MR) is 126 cm³/mol. The Kier molecular flexibility index (Phi) is 5.42. The van der Waals surface area contributed by atoms with E-state index in [-0.39, 0.29) is 11.9 Å². The van der Waals surface area contributed by atoms with Crippen LogP contribution in [0.1, 0.15) is 53.8 Å². The zero-order valence-electron chi connectivity index (χ0n) is 18.5. The maximum absolute atomic E-state index is 13.2. The number of carbonyl (C=O) groups is 1. The molecule has 1 fully saturated rings. The molecular formula is C23H27N7OS. The second-order valence-corrected chi connectivity index (χ2v) is 9.89. The summed E-state index contributed by atoms with van der Waals surface area (Å²) in [6.45, 7) is 8.23. The Morgan fingerprint density at radius 3 is 2.81 bits per heavy atom. The van der Waals surface area contributed by atoms with Crippen LogP contribution in [0, 0.1) is 12.8 Å². The number of fused-ring (bicyclic) bond motifs is 1. The minimum atomic E-state index is -0.276. The lowest BCUT2D eigenvalue weighted by Gasteiger charge is -2.32. The van der Waals surface area contributed by atoms with Crippen LogP contribution in [-0.2, 0) is 0 Å². The topological polar surface area (TPSA) is 91.2 Å². The molecule has 8 nitrogen and oxygen atoms in total. The van der Waals surface area contributed by atoms with Gasteiger partial charge in [-0.25, -0.2) is 4.98 Å². The first-order valence-electron chi connectivity index (χ1n) is 11.0. The summed E-state index contributed by atoms with van der Waals surface area (Å²) in [6.07, 6.45) is 7.60. The van der Waals surface area contributed by atoms with E-state index in [0.29, 0.717) is 11.4 Å². The average Bonchev–Trinajstić information content (AvgIpc) is 3.54. The lowest BCUT2D eigenvalue weighted by Crippen LogP contribution is -2.34. The van der Waals surface area contributed by atoms with Gasteiger partial charge in [-0.2, -0.15) is 0 Å². The van der Waals surface area contributed by atoms with Crippen LogP contribution in [0.2, 0.25) is 0 Å². The van der Waals surface area contributed by atoms with Crippen LogP contribution in [0.4, 0.5) is 5.69 Å². The maximum atomic E-state index is 13.2. The number of hydrogen-bond donors (Lipinski definition) is 2. The molecule has 1 amide bonds. The predicted octanol–water partition coefficient (Wildman–Crippen LogP) is 4.22. The molecule has 0 aliphatic carbocycles. The average molecular weight is 450 g/mol. The summed E-state index contributed by atoms with van der Waals surface area (Å²) >= 11 is 1.73. The van der Waals surface area contributed by atoms with Gasteiger partial charge in [0.1, 0.15) is 6.33 Å². The summed E-state index contributed by atoms with van der Waals surface area (Å²) < 4.78 is 2.06. The van der Waals surface area contributed by atoms with E-state index in [1.54, 1.807) is 11.3 Å². The third-order valence-electron chi connectivity index (χ3n) is 6.16. The molecule has 0 saturated carbocycles. The largest absolute Gasteiger partial charge is 0.368 e. The van der Waals surface area contributed by atoms with Crippen molar-refractivity contribution < 1.29 is 4.79 Å². The van der Waals surface area contributed by atoms with Gasteiger partial charge in [0.25, 0.3) is 5.91 Å². The van der Waals surface area contributed by atoms with E-state index in [1.807, 2.05) is 25.4 Å². The fourth-order valence-electron chi connectivity index (χ4n) is 4.20. The van der Waals surface area contributed by atoms with Crippen LogP contribution in [0.3, 0.4) is 0 Å². The van der Waals surface area contributed by atoms with Crippen molar-refractivity contribution in [2.75, 3.05) is 18.0 Å². The second-order valence-electron chi connectivity index (χ2n) is 8.60. The van der Waals surface area contributed by atoms with E-state index in [1.165, 1.54) is 11.2 Å². The molecule has 9 heteroatoms. The number of piperidine rings is 1. The van der Waals surface area contributed by atoms with E-state index in [0.717, 1.165) is 53.8 Å². The van der Waals surface area contributed by atoms with Crippen molar-refractivity contribution in [2.24, 2.45) is 5.92 Å². The molecule has 1 saturated heterocycles. The molecule has 0 bridgehead atoms. The number of carbonyl (C=O) groups excluding carboxylic acids is 1. The SMILES string of the molecule is Cc1ccc(-c2cnc3c(N4CCC(C)CC4)cc(C(=O)N[C@@H](C)c4nnc[nH]4)cn23)s1.